The minimum absolute atomic E-state index is 0. The molecule has 11 nitrogen and oxygen atoms in total. The topological polar surface area (TPSA) is 157 Å². The fourth-order valence-electron chi connectivity index (χ4n) is 4.00. The Balaban J connectivity index is -0.00000000196. The molecule has 32 heavy (non-hydrogen) atoms. The van der Waals surface area contributed by atoms with Crippen LogP contribution < -0.4 is 16.6 Å². The lowest BCUT2D eigenvalue weighted by atomic mass is 9.76. The number of ether oxygens (including phenoxy) is 2. The SMILES string of the molecule is CC[C@H](C(C)C)C(C)(NC)C(=O)OCC(C)(CO)OCn1c(C)nc2c(=O)[nH]c(N)nc21.[HH].[HH].[HH].[HH].[HH].[HH].[HH].[HH].[HH].[HH].[HH].[HH].[HH].[HH].[HH].[HH].[HH].[HH].[HH].[HH].[HH].[HH].[HH].[HH].[HH].[HH].[HH].[HH].[HH].[HH].[HH].[HH].[HH].[HH].[HH].[HH].[HH].[HH].[HH].[HH].[HH].[HH].[HH].[HH].[HH].[HH].[HH].[HH].[HH].[HH].[HH].[HH].[HH].[HH].[HH].[HH].[HH].[HH].[HH].[HH].[HH].[HH].[HH].[HH].[HH].[HH].[HH].[HH].[HH].[HH].[HH].[HH].[HH].[HH].[HH].[HH]. The first-order valence-electron chi connectivity index (χ1n) is 10.8. The number of hydrogen-bond acceptors (Lipinski definition) is 9. The van der Waals surface area contributed by atoms with Crippen molar-refractivity contribution in [2.45, 2.75) is 65.8 Å². The maximum atomic E-state index is 13.0. The predicted octanol–water partition coefficient (Wildman–Crippen LogP) is 19.6. The van der Waals surface area contributed by atoms with Crippen molar-refractivity contribution in [3.8, 4) is 0 Å². The number of nitrogen functional groups attached to an aromatic ring is 1. The fourth-order valence-corrected chi connectivity index (χ4v) is 4.00. The molecule has 5 N–H and O–H groups in total. The summed E-state index contributed by atoms with van der Waals surface area (Å²) in [4.78, 5) is 35.8. The smallest absolute Gasteiger partial charge is 0.326 e. The van der Waals surface area contributed by atoms with E-state index < -0.39 is 22.7 Å². The standard InChI is InChI=1S/C21H36N6O5.76H2/c1-8-14(12(2)3)21(6,23-7)18(30)31-10-20(5,9-28)32-11-27-13(4)24-15-16(27)25-19(22)26-17(15)29;;;;;;;;;;;;;;;;;;;;;;;;;;;;;;;;;;;;;;;;;;;;;;;;;;;;;;;;;;;;;;;;;;;;;;;;;;;;/h12,14,23,28H,8-11H2,1-7H3,(H3,22,25,26,29);76*1H/t14-,20?,21?;;;;;;;;;;;;;;;;;;;;;;;;;;;;;;;;;;;;;;;;;;;;;;;;;;;;;;;;;;;;;;;;;;;;;;;;;;;;/m1............................................................................/s1. The van der Waals surface area contributed by atoms with E-state index in [-0.39, 0.29) is 157 Å². The summed E-state index contributed by atoms with van der Waals surface area (Å²) in [6.07, 6.45) is 0.806. The quantitative estimate of drug-likeness (QED) is 0.183. The van der Waals surface area contributed by atoms with E-state index >= 15 is 0 Å². The number of nitrogens with zero attached hydrogens (tertiary/aromatic N) is 3. The Morgan fingerprint density at radius 2 is 2.03 bits per heavy atom. The number of aliphatic hydroxyl groups is 1. The van der Waals surface area contributed by atoms with Crippen molar-refractivity contribution in [1.82, 2.24) is 24.8 Å². The van der Waals surface area contributed by atoms with Crippen LogP contribution >= 0.6 is 0 Å². The van der Waals surface area contributed by atoms with Gasteiger partial charge in [-0.05, 0) is 39.7 Å². The number of fused-ring (bicyclic) bond motifs is 1. The molecule has 0 radical (unpaired) electrons. The number of aromatic nitrogens is 4. The van der Waals surface area contributed by atoms with Gasteiger partial charge in [-0.15, -0.1) is 0 Å². The van der Waals surface area contributed by atoms with Crippen molar-refractivity contribution in [3.05, 3.63) is 16.2 Å². The minimum atomic E-state index is -1.18. The lowest BCUT2D eigenvalue weighted by Crippen LogP contribution is -2.56. The van der Waals surface area contributed by atoms with E-state index in [2.05, 4.69) is 34.1 Å². The molecule has 0 saturated carbocycles. The number of carbonyl (C=O) groups is 1. The number of esters is 1. The van der Waals surface area contributed by atoms with Gasteiger partial charge in [-0.2, -0.15) is 4.98 Å². The highest BCUT2D eigenvalue weighted by molar-refractivity contribution is 5.81. The second-order valence-electron chi connectivity index (χ2n) is 8.88. The van der Waals surface area contributed by atoms with Crippen molar-refractivity contribution < 1.29 is 128 Å². The van der Waals surface area contributed by atoms with Gasteiger partial charge in [0, 0.05) is 108 Å². The molecule has 2 rings (SSSR count). The fraction of sp³-hybridized carbons (Fsp3) is 0.714. The second-order valence-corrected chi connectivity index (χ2v) is 8.88. The third kappa shape index (κ3) is 5.11. The molecule has 0 aliphatic carbocycles. The molecule has 2 aromatic rings. The average Bonchev–Trinajstić information content (AvgIpc) is 3.05. The van der Waals surface area contributed by atoms with Crippen molar-refractivity contribution in [3.63, 3.8) is 0 Å². The van der Waals surface area contributed by atoms with Gasteiger partial charge in [0.05, 0.1) is 6.61 Å². The van der Waals surface area contributed by atoms with E-state index in [9.17, 15) is 14.7 Å². The summed E-state index contributed by atoms with van der Waals surface area (Å²) in [5.41, 5.74) is 3.56. The largest absolute Gasteiger partial charge is 0.461 e. The van der Waals surface area contributed by atoms with Gasteiger partial charge in [0.2, 0.25) is 5.95 Å². The molecular formula is C21H188N6O5. The summed E-state index contributed by atoms with van der Waals surface area (Å²) < 4.78 is 13.1. The van der Waals surface area contributed by atoms with Gasteiger partial charge in [-0.3, -0.25) is 19.1 Å². The molecule has 0 bridgehead atoms. The Morgan fingerprint density at radius 1 is 1.38 bits per heavy atom. The molecule has 332 valence electrons. The molecule has 0 aliphatic heterocycles. The van der Waals surface area contributed by atoms with Crippen LogP contribution in [0.1, 0.15) is 155 Å². The van der Waals surface area contributed by atoms with Crippen LogP contribution in [-0.4, -0.2) is 62.0 Å². The lowest BCUT2D eigenvalue weighted by molar-refractivity contribution is -0.172. The molecule has 0 spiro atoms. The number of hydrogen-bond donors (Lipinski definition) is 4. The van der Waals surface area contributed by atoms with Crippen LogP contribution in [0, 0.1) is 18.8 Å². The van der Waals surface area contributed by atoms with E-state index in [0.29, 0.717) is 5.82 Å². The van der Waals surface area contributed by atoms with Crippen LogP contribution in [-0.2, 0) is 21.0 Å². The highest BCUT2D eigenvalue weighted by Gasteiger charge is 2.43. The number of rotatable bonds is 11. The van der Waals surface area contributed by atoms with Gasteiger partial charge in [0.15, 0.2) is 11.2 Å². The number of H-pyrrole nitrogens is 1. The Kier molecular flexibility index (Phi) is 8.02. The van der Waals surface area contributed by atoms with Gasteiger partial charge >= 0.3 is 5.97 Å². The predicted molar refractivity (Wildman–Crippen MR) is 282 cm³/mol. The van der Waals surface area contributed by atoms with Gasteiger partial charge in [-0.1, -0.05) is 27.2 Å². The normalized spacial score (nSPS) is 16.7. The van der Waals surface area contributed by atoms with Crippen molar-refractivity contribution in [2.75, 3.05) is 26.0 Å². The van der Waals surface area contributed by atoms with Gasteiger partial charge < -0.3 is 25.6 Å². The number of aryl methyl sites for hydroxylation is 1. The molecular weight excluding hydrogens is 416 g/mol. The Bertz CT molecular complexity index is 1100. The van der Waals surface area contributed by atoms with E-state index in [0.717, 1.165) is 6.42 Å². The molecule has 3 atom stereocenters. The molecule has 0 aliphatic rings. The van der Waals surface area contributed by atoms with E-state index in [1.165, 1.54) is 0 Å². The number of aromatic amines is 1. The molecule has 2 aromatic heterocycles. The Labute approximate surface area is 300 Å². The first-order valence-corrected chi connectivity index (χ1v) is 10.8. The number of nitrogens with one attached hydrogen (secondary N) is 2. The molecule has 0 saturated heterocycles. The third-order valence-corrected chi connectivity index (χ3v) is 6.13. The molecule has 2 heterocycles. The van der Waals surface area contributed by atoms with E-state index in [1.807, 2.05) is 13.8 Å². The maximum absolute atomic E-state index is 13.0. The zero-order valence-electron chi connectivity index (χ0n) is 20.0. The van der Waals surface area contributed by atoms with Crippen LogP contribution in [0.4, 0.5) is 5.95 Å². The monoisotopic (exact) mass is 605 g/mol. The van der Waals surface area contributed by atoms with Gasteiger partial charge in [0.25, 0.3) is 5.56 Å². The minimum Gasteiger partial charge on any atom is -0.461 e. The van der Waals surface area contributed by atoms with Crippen molar-refractivity contribution >= 4 is 23.1 Å². The molecule has 2 unspecified atom stereocenters. The summed E-state index contributed by atoms with van der Waals surface area (Å²) in [7, 11) is 1.74. The lowest BCUT2D eigenvalue weighted by Gasteiger charge is -2.38. The van der Waals surface area contributed by atoms with Crippen LogP contribution in [0.2, 0.25) is 0 Å². The summed E-state index contributed by atoms with van der Waals surface area (Å²) in [6.45, 7) is 10.7. The second kappa shape index (κ2) is 9.97. The van der Waals surface area contributed by atoms with Crippen molar-refractivity contribution in [2.24, 2.45) is 11.8 Å². The van der Waals surface area contributed by atoms with E-state index in [1.54, 1.807) is 25.5 Å². The number of imidazole rings is 1. The van der Waals surface area contributed by atoms with Crippen molar-refractivity contribution in [1.29, 1.82) is 0 Å². The van der Waals surface area contributed by atoms with Gasteiger partial charge in [-0.25, -0.2) is 4.98 Å². The summed E-state index contributed by atoms with van der Waals surface area (Å²) in [5.74, 6) is 0.381. The Hall–Kier alpha value is -2.50. The van der Waals surface area contributed by atoms with Crippen LogP contribution in [0.3, 0.4) is 0 Å². The first kappa shape index (κ1) is 25.8. The average molecular weight is 606 g/mol. The first-order chi connectivity index (χ1) is 14.9. The molecule has 0 fully saturated rings. The number of anilines is 1. The number of carbonyl (C=O) groups excluding carboxylic acids is 1. The molecule has 11 heteroatoms. The maximum Gasteiger partial charge on any atom is 0.326 e. The van der Waals surface area contributed by atoms with E-state index in [4.69, 9.17) is 15.2 Å². The van der Waals surface area contributed by atoms with Crippen LogP contribution in [0.5, 0.6) is 0 Å². The molecule has 0 aromatic carbocycles. The van der Waals surface area contributed by atoms with Crippen LogP contribution in [0.15, 0.2) is 4.79 Å². The summed E-state index contributed by atoms with van der Waals surface area (Å²) in [5, 5.41) is 13.1. The van der Waals surface area contributed by atoms with Crippen LogP contribution in [0.25, 0.3) is 11.2 Å². The summed E-state index contributed by atoms with van der Waals surface area (Å²) in [6, 6.07) is 0. The molecule has 0 amide bonds. The Morgan fingerprint density at radius 3 is 2.56 bits per heavy atom. The third-order valence-electron chi connectivity index (χ3n) is 6.13. The van der Waals surface area contributed by atoms with Gasteiger partial charge in [0.1, 0.15) is 30.3 Å². The highest BCUT2D eigenvalue weighted by Crippen LogP contribution is 2.29. The zero-order valence-corrected chi connectivity index (χ0v) is 20.0. The number of aliphatic hydroxyl groups excluding tert-OH is 1. The highest BCUT2D eigenvalue weighted by atomic mass is 16.6. The number of nitrogens with two attached hydrogens (primary N) is 1. The zero-order chi connectivity index (χ0) is 24.3. The summed E-state index contributed by atoms with van der Waals surface area (Å²) >= 11 is 0. The number of likely N-dealkylation sites (N-methyl/N-ethyl adjacent to an activating group) is 1.